The second kappa shape index (κ2) is 10.1. The van der Waals surface area contributed by atoms with E-state index in [0.717, 1.165) is 12.0 Å². The predicted octanol–water partition coefficient (Wildman–Crippen LogP) is 1.45. The van der Waals surface area contributed by atoms with Crippen molar-refractivity contribution in [1.82, 2.24) is 15.5 Å². The van der Waals surface area contributed by atoms with E-state index in [9.17, 15) is 19.5 Å². The van der Waals surface area contributed by atoms with Crippen LogP contribution >= 0.6 is 0 Å². The smallest absolute Gasteiger partial charge is 0.324 e. The Kier molecular flexibility index (Phi) is 7.79. The van der Waals surface area contributed by atoms with Crippen molar-refractivity contribution in [3.8, 4) is 0 Å². The first kappa shape index (κ1) is 20.9. The molecule has 0 aromatic heterocycles. The minimum absolute atomic E-state index is 0.118. The number of hydrogen-bond donors (Lipinski definition) is 3. The number of benzene rings is 1. The Morgan fingerprint density at radius 1 is 1.30 bits per heavy atom. The first-order chi connectivity index (χ1) is 13.0. The van der Waals surface area contributed by atoms with Crippen LogP contribution in [0.25, 0.3) is 0 Å². The monoisotopic (exact) mass is 375 g/mol. The van der Waals surface area contributed by atoms with Crippen molar-refractivity contribution in [3.05, 3.63) is 35.9 Å². The van der Waals surface area contributed by atoms with Crippen molar-refractivity contribution in [1.29, 1.82) is 0 Å². The number of aliphatic hydroxyl groups is 1. The molecule has 1 saturated heterocycles. The van der Waals surface area contributed by atoms with Gasteiger partial charge in [-0.1, -0.05) is 50.6 Å². The Bertz CT molecular complexity index is 650. The number of imide groups is 1. The van der Waals surface area contributed by atoms with Crippen molar-refractivity contribution in [2.24, 2.45) is 5.92 Å². The number of urea groups is 1. The molecule has 1 heterocycles. The molecule has 2 rings (SSSR count). The maximum Gasteiger partial charge on any atom is 0.324 e. The third-order valence-corrected chi connectivity index (χ3v) is 5.11. The fourth-order valence-corrected chi connectivity index (χ4v) is 3.08. The molecule has 0 spiro atoms. The van der Waals surface area contributed by atoms with E-state index < -0.39 is 12.1 Å². The highest BCUT2D eigenvalue weighted by molar-refractivity contribution is 6.04. The van der Waals surface area contributed by atoms with E-state index in [0.29, 0.717) is 13.0 Å². The standard InChI is InChI=1S/C20H29N3O4/c1-3-14(2)17(13-24)21-18(25)10-9-16-19(26)23(20(27)22-16)12-11-15-7-5-4-6-8-15/h4-8,14,16-17,24H,3,9-13H2,1-2H3,(H,21,25)(H,22,27)/t14-,16?,17-/m1/s1. The van der Waals surface area contributed by atoms with E-state index in [2.05, 4.69) is 10.6 Å². The van der Waals surface area contributed by atoms with Gasteiger partial charge in [-0.3, -0.25) is 14.5 Å². The zero-order valence-corrected chi connectivity index (χ0v) is 16.0. The summed E-state index contributed by atoms with van der Waals surface area (Å²) in [4.78, 5) is 37.9. The highest BCUT2D eigenvalue weighted by atomic mass is 16.3. The molecule has 3 atom stereocenters. The molecule has 0 bridgehead atoms. The first-order valence-corrected chi connectivity index (χ1v) is 9.52. The van der Waals surface area contributed by atoms with Gasteiger partial charge in [-0.25, -0.2) is 4.79 Å². The molecule has 1 aliphatic heterocycles. The Balaban J connectivity index is 1.81. The van der Waals surface area contributed by atoms with Gasteiger partial charge in [-0.2, -0.15) is 0 Å². The number of nitrogens with one attached hydrogen (secondary N) is 2. The summed E-state index contributed by atoms with van der Waals surface area (Å²) in [6.07, 6.45) is 1.81. The van der Waals surface area contributed by atoms with Crippen molar-refractivity contribution in [3.63, 3.8) is 0 Å². The number of hydrogen-bond acceptors (Lipinski definition) is 4. The molecule has 7 heteroatoms. The molecular weight excluding hydrogens is 346 g/mol. The van der Waals surface area contributed by atoms with E-state index in [1.54, 1.807) is 0 Å². The molecule has 1 unspecified atom stereocenters. The van der Waals surface area contributed by atoms with Gasteiger partial charge in [0.1, 0.15) is 6.04 Å². The number of aliphatic hydroxyl groups excluding tert-OH is 1. The summed E-state index contributed by atoms with van der Waals surface area (Å²) < 4.78 is 0. The number of carbonyl (C=O) groups excluding carboxylic acids is 3. The lowest BCUT2D eigenvalue weighted by Gasteiger charge is -2.22. The topological polar surface area (TPSA) is 98.7 Å². The molecule has 3 N–H and O–H groups in total. The molecule has 1 aliphatic rings. The number of nitrogens with zero attached hydrogens (tertiary/aromatic N) is 1. The van der Waals surface area contributed by atoms with Gasteiger partial charge in [0.2, 0.25) is 5.91 Å². The van der Waals surface area contributed by atoms with Crippen LogP contribution in [-0.4, -0.2) is 53.1 Å². The Hall–Kier alpha value is -2.41. The molecule has 0 aliphatic carbocycles. The van der Waals surface area contributed by atoms with Gasteiger partial charge in [0.25, 0.3) is 5.91 Å². The largest absolute Gasteiger partial charge is 0.394 e. The van der Waals surface area contributed by atoms with Crippen molar-refractivity contribution in [2.75, 3.05) is 13.2 Å². The van der Waals surface area contributed by atoms with Crippen LogP contribution in [0.5, 0.6) is 0 Å². The molecule has 1 fully saturated rings. The lowest BCUT2D eigenvalue weighted by atomic mass is 9.99. The summed E-state index contributed by atoms with van der Waals surface area (Å²) in [5.41, 5.74) is 1.06. The summed E-state index contributed by atoms with van der Waals surface area (Å²) >= 11 is 0. The van der Waals surface area contributed by atoms with Crippen LogP contribution in [0, 0.1) is 5.92 Å². The summed E-state index contributed by atoms with van der Waals surface area (Å²) in [5.74, 6) is -0.344. The second-order valence-corrected chi connectivity index (χ2v) is 7.01. The molecular formula is C20H29N3O4. The van der Waals surface area contributed by atoms with Gasteiger partial charge in [0.15, 0.2) is 0 Å². The van der Waals surface area contributed by atoms with E-state index in [1.165, 1.54) is 4.90 Å². The molecule has 0 saturated carbocycles. The van der Waals surface area contributed by atoms with Crippen molar-refractivity contribution >= 4 is 17.8 Å². The molecule has 1 aromatic carbocycles. The van der Waals surface area contributed by atoms with Gasteiger partial charge >= 0.3 is 6.03 Å². The molecule has 27 heavy (non-hydrogen) atoms. The van der Waals surface area contributed by atoms with Crippen LogP contribution in [0.15, 0.2) is 30.3 Å². The fourth-order valence-electron chi connectivity index (χ4n) is 3.08. The average molecular weight is 375 g/mol. The minimum atomic E-state index is -0.671. The third-order valence-electron chi connectivity index (χ3n) is 5.11. The molecule has 4 amide bonds. The summed E-state index contributed by atoms with van der Waals surface area (Å²) in [6.45, 7) is 4.16. The number of carbonyl (C=O) groups is 3. The van der Waals surface area contributed by atoms with Gasteiger partial charge in [0, 0.05) is 13.0 Å². The van der Waals surface area contributed by atoms with Gasteiger partial charge in [-0.05, 0) is 24.3 Å². The zero-order valence-electron chi connectivity index (χ0n) is 16.0. The molecule has 1 aromatic rings. The lowest BCUT2D eigenvalue weighted by molar-refractivity contribution is -0.127. The van der Waals surface area contributed by atoms with Crippen LogP contribution in [0.1, 0.15) is 38.7 Å². The highest BCUT2D eigenvalue weighted by Gasteiger charge is 2.37. The van der Waals surface area contributed by atoms with Crippen LogP contribution < -0.4 is 10.6 Å². The Morgan fingerprint density at radius 3 is 2.63 bits per heavy atom. The molecule has 7 nitrogen and oxygen atoms in total. The van der Waals surface area contributed by atoms with Crippen molar-refractivity contribution < 1.29 is 19.5 Å². The Labute approximate surface area is 160 Å². The summed E-state index contributed by atoms with van der Waals surface area (Å²) in [7, 11) is 0. The number of rotatable bonds is 10. The van der Waals surface area contributed by atoms with Crippen LogP contribution in [-0.2, 0) is 16.0 Å². The van der Waals surface area contributed by atoms with Crippen LogP contribution in [0.4, 0.5) is 4.79 Å². The van der Waals surface area contributed by atoms with Crippen LogP contribution in [0.2, 0.25) is 0 Å². The van der Waals surface area contributed by atoms with Crippen LogP contribution in [0.3, 0.4) is 0 Å². The SMILES string of the molecule is CC[C@@H](C)[C@@H](CO)NC(=O)CCC1NC(=O)N(CCc2ccccc2)C1=O. The minimum Gasteiger partial charge on any atom is -0.394 e. The van der Waals surface area contributed by atoms with Crippen molar-refractivity contribution in [2.45, 2.75) is 51.6 Å². The third kappa shape index (κ3) is 5.79. The van der Waals surface area contributed by atoms with E-state index in [1.807, 2.05) is 44.2 Å². The van der Waals surface area contributed by atoms with E-state index in [4.69, 9.17) is 0 Å². The average Bonchev–Trinajstić information content (AvgIpc) is 2.96. The fraction of sp³-hybridized carbons (Fsp3) is 0.550. The van der Waals surface area contributed by atoms with Gasteiger partial charge in [-0.15, -0.1) is 0 Å². The van der Waals surface area contributed by atoms with E-state index >= 15 is 0 Å². The Morgan fingerprint density at radius 2 is 2.00 bits per heavy atom. The second-order valence-electron chi connectivity index (χ2n) is 7.01. The lowest BCUT2D eigenvalue weighted by Crippen LogP contribution is -2.42. The quantitative estimate of drug-likeness (QED) is 0.539. The van der Waals surface area contributed by atoms with E-state index in [-0.39, 0.29) is 43.2 Å². The highest BCUT2D eigenvalue weighted by Crippen LogP contribution is 2.13. The number of amides is 4. The summed E-state index contributed by atoms with van der Waals surface area (Å²) in [6, 6.07) is 8.29. The maximum absolute atomic E-state index is 12.5. The maximum atomic E-state index is 12.5. The zero-order chi connectivity index (χ0) is 19.8. The summed E-state index contributed by atoms with van der Waals surface area (Å²) in [5, 5.41) is 14.8. The molecule has 148 valence electrons. The van der Waals surface area contributed by atoms with Gasteiger partial charge < -0.3 is 15.7 Å². The van der Waals surface area contributed by atoms with Gasteiger partial charge in [0.05, 0.1) is 12.6 Å². The first-order valence-electron chi connectivity index (χ1n) is 9.52. The molecule has 0 radical (unpaired) electrons. The predicted molar refractivity (Wildman–Crippen MR) is 102 cm³/mol. The normalized spacial score (nSPS) is 18.9.